The fourth-order valence-electron chi connectivity index (χ4n) is 1.91. The van der Waals surface area contributed by atoms with E-state index in [1.165, 1.54) is 11.3 Å². The Morgan fingerprint density at radius 2 is 2.14 bits per heavy atom. The van der Waals surface area contributed by atoms with Gasteiger partial charge in [-0.1, -0.05) is 6.07 Å². The first-order valence-corrected chi connectivity index (χ1v) is 7.80. The number of thiazole rings is 1. The lowest BCUT2D eigenvalue weighted by Crippen LogP contribution is -2.06. The molecule has 5 heteroatoms. The molecular formula is C17H18N2O2S. The van der Waals surface area contributed by atoms with Crippen LogP contribution in [0.5, 0.6) is 11.5 Å². The summed E-state index contributed by atoms with van der Waals surface area (Å²) in [4.78, 5) is 4.35. The number of methoxy groups -OCH3 is 1. The smallest absolute Gasteiger partial charge is 0.161 e. The van der Waals surface area contributed by atoms with Gasteiger partial charge in [-0.3, -0.25) is 0 Å². The number of nitrogens with zero attached hydrogens (tertiary/aromatic N) is 2. The summed E-state index contributed by atoms with van der Waals surface area (Å²) in [5, 5.41) is 12.0. The fourth-order valence-corrected chi connectivity index (χ4v) is 2.67. The van der Waals surface area contributed by atoms with Crippen molar-refractivity contribution in [2.75, 3.05) is 7.11 Å². The first kappa shape index (κ1) is 16.1. The predicted molar refractivity (Wildman–Crippen MR) is 89.1 cm³/mol. The highest BCUT2D eigenvalue weighted by atomic mass is 32.1. The average molecular weight is 314 g/mol. The molecule has 1 heterocycles. The van der Waals surface area contributed by atoms with E-state index in [1.807, 2.05) is 44.4 Å². The maximum absolute atomic E-state index is 9.34. The zero-order valence-electron chi connectivity index (χ0n) is 13.1. The van der Waals surface area contributed by atoms with Crippen LogP contribution in [0.4, 0.5) is 0 Å². The van der Waals surface area contributed by atoms with E-state index in [9.17, 15) is 5.26 Å². The van der Waals surface area contributed by atoms with Gasteiger partial charge >= 0.3 is 0 Å². The molecule has 0 spiro atoms. The molecule has 0 atom stereocenters. The molecule has 4 nitrogen and oxygen atoms in total. The quantitative estimate of drug-likeness (QED) is 0.772. The van der Waals surface area contributed by atoms with Gasteiger partial charge < -0.3 is 9.47 Å². The van der Waals surface area contributed by atoms with Crippen LogP contribution in [0, 0.1) is 18.3 Å². The highest BCUT2D eigenvalue weighted by Crippen LogP contribution is 2.31. The Kier molecular flexibility index (Phi) is 5.18. The molecule has 2 rings (SSSR count). The second-order valence-electron chi connectivity index (χ2n) is 5.04. The van der Waals surface area contributed by atoms with Crippen molar-refractivity contribution < 1.29 is 9.47 Å². The number of ether oxygens (including phenoxy) is 2. The average Bonchev–Trinajstić information content (AvgIpc) is 2.91. The topological polar surface area (TPSA) is 55.1 Å². The van der Waals surface area contributed by atoms with E-state index in [0.717, 1.165) is 16.3 Å². The van der Waals surface area contributed by atoms with Crippen LogP contribution < -0.4 is 9.47 Å². The first-order chi connectivity index (χ1) is 10.5. The Morgan fingerprint density at radius 1 is 1.36 bits per heavy atom. The third-order valence-corrected chi connectivity index (χ3v) is 3.82. The van der Waals surface area contributed by atoms with Crippen LogP contribution >= 0.6 is 11.3 Å². The molecular weight excluding hydrogens is 296 g/mol. The third kappa shape index (κ3) is 3.86. The summed E-state index contributed by atoms with van der Waals surface area (Å²) >= 11 is 1.47. The Morgan fingerprint density at radius 3 is 2.68 bits per heavy atom. The Bertz CT molecular complexity index is 727. The van der Waals surface area contributed by atoms with Crippen molar-refractivity contribution in [2.24, 2.45) is 0 Å². The molecule has 0 unspecified atom stereocenters. The van der Waals surface area contributed by atoms with Gasteiger partial charge in [0.05, 0.1) is 18.8 Å². The standard InChI is InChI=1S/C17H18N2O2S/c1-11(2)21-15-6-5-13(8-16(15)20-4)7-14(9-18)17-19-12(3)10-22-17/h5-8,10-11H,1-4H3/b14-7-. The molecule has 0 saturated heterocycles. The molecule has 2 aromatic rings. The molecule has 0 radical (unpaired) electrons. The molecule has 22 heavy (non-hydrogen) atoms. The van der Waals surface area contributed by atoms with E-state index in [1.54, 1.807) is 13.2 Å². The number of hydrogen-bond acceptors (Lipinski definition) is 5. The van der Waals surface area contributed by atoms with E-state index in [2.05, 4.69) is 11.1 Å². The summed E-state index contributed by atoms with van der Waals surface area (Å²) in [6.45, 7) is 5.84. The second-order valence-corrected chi connectivity index (χ2v) is 5.90. The van der Waals surface area contributed by atoms with Crippen molar-refractivity contribution >= 4 is 23.0 Å². The van der Waals surface area contributed by atoms with Crippen LogP contribution in [0.15, 0.2) is 23.6 Å². The first-order valence-electron chi connectivity index (χ1n) is 6.92. The zero-order chi connectivity index (χ0) is 16.1. The summed E-state index contributed by atoms with van der Waals surface area (Å²) in [6, 6.07) is 7.81. The van der Waals surface area contributed by atoms with Crippen molar-refractivity contribution in [1.82, 2.24) is 4.98 Å². The van der Waals surface area contributed by atoms with Crippen LogP contribution in [0.1, 0.15) is 30.1 Å². The van der Waals surface area contributed by atoms with Gasteiger partial charge in [0.15, 0.2) is 11.5 Å². The van der Waals surface area contributed by atoms with Gasteiger partial charge in [0, 0.05) is 11.1 Å². The van der Waals surface area contributed by atoms with E-state index in [4.69, 9.17) is 9.47 Å². The van der Waals surface area contributed by atoms with Gasteiger partial charge in [-0.15, -0.1) is 11.3 Å². The normalized spacial score (nSPS) is 11.4. The monoisotopic (exact) mass is 314 g/mol. The van der Waals surface area contributed by atoms with Gasteiger partial charge in [-0.25, -0.2) is 4.98 Å². The molecule has 0 aliphatic heterocycles. The van der Waals surface area contributed by atoms with Crippen molar-refractivity contribution in [1.29, 1.82) is 5.26 Å². The summed E-state index contributed by atoms with van der Waals surface area (Å²) < 4.78 is 11.1. The van der Waals surface area contributed by atoms with Crippen molar-refractivity contribution in [3.8, 4) is 17.6 Å². The summed E-state index contributed by atoms with van der Waals surface area (Å²) in [5.41, 5.74) is 2.33. The number of allylic oxidation sites excluding steroid dienone is 1. The van der Waals surface area contributed by atoms with Crippen molar-refractivity contribution in [3.63, 3.8) is 0 Å². The molecule has 1 aromatic heterocycles. The summed E-state index contributed by atoms with van der Waals surface area (Å²) in [5.74, 6) is 1.34. The molecule has 114 valence electrons. The Labute approximate surface area is 134 Å². The number of rotatable bonds is 5. The molecule has 0 aliphatic rings. The predicted octanol–water partition coefficient (Wildman–Crippen LogP) is 4.31. The second kappa shape index (κ2) is 7.10. The maximum Gasteiger partial charge on any atom is 0.161 e. The van der Waals surface area contributed by atoms with Gasteiger partial charge in [-0.05, 0) is 44.5 Å². The lowest BCUT2D eigenvalue weighted by molar-refractivity contribution is 0.230. The molecule has 0 bridgehead atoms. The number of aromatic nitrogens is 1. The summed E-state index contributed by atoms with van der Waals surface area (Å²) in [6.07, 6.45) is 1.88. The van der Waals surface area contributed by atoms with Crippen LogP contribution in [-0.2, 0) is 0 Å². The number of benzene rings is 1. The van der Waals surface area contributed by atoms with Gasteiger partial charge in [-0.2, -0.15) is 5.26 Å². The lowest BCUT2D eigenvalue weighted by Gasteiger charge is -2.13. The minimum absolute atomic E-state index is 0.0725. The van der Waals surface area contributed by atoms with Crippen molar-refractivity contribution in [2.45, 2.75) is 26.9 Å². The lowest BCUT2D eigenvalue weighted by atomic mass is 10.1. The molecule has 1 aromatic carbocycles. The number of nitriles is 1. The SMILES string of the molecule is COc1cc(/C=C(/C#N)c2nc(C)cs2)ccc1OC(C)C. The maximum atomic E-state index is 9.34. The molecule has 0 aliphatic carbocycles. The van der Waals surface area contributed by atoms with E-state index >= 15 is 0 Å². The van der Waals surface area contributed by atoms with Gasteiger partial charge in [0.25, 0.3) is 0 Å². The molecule has 0 fully saturated rings. The molecule has 0 N–H and O–H groups in total. The largest absolute Gasteiger partial charge is 0.493 e. The highest BCUT2D eigenvalue weighted by molar-refractivity contribution is 7.11. The van der Waals surface area contributed by atoms with E-state index < -0.39 is 0 Å². The minimum atomic E-state index is 0.0725. The van der Waals surface area contributed by atoms with Crippen LogP contribution in [-0.4, -0.2) is 18.2 Å². The molecule has 0 saturated carbocycles. The van der Waals surface area contributed by atoms with E-state index in [-0.39, 0.29) is 6.10 Å². The number of hydrogen-bond donors (Lipinski definition) is 0. The molecule has 0 amide bonds. The van der Waals surface area contributed by atoms with Gasteiger partial charge in [0.2, 0.25) is 0 Å². The van der Waals surface area contributed by atoms with E-state index in [0.29, 0.717) is 17.1 Å². The van der Waals surface area contributed by atoms with Crippen LogP contribution in [0.3, 0.4) is 0 Å². The fraction of sp³-hybridized carbons (Fsp3) is 0.294. The third-order valence-electron chi connectivity index (χ3n) is 2.83. The summed E-state index contributed by atoms with van der Waals surface area (Å²) in [7, 11) is 1.60. The Hall–Kier alpha value is -2.32. The van der Waals surface area contributed by atoms with Crippen LogP contribution in [0.25, 0.3) is 11.6 Å². The number of aryl methyl sites for hydroxylation is 1. The minimum Gasteiger partial charge on any atom is -0.493 e. The zero-order valence-corrected chi connectivity index (χ0v) is 13.9. The highest BCUT2D eigenvalue weighted by Gasteiger charge is 2.09. The van der Waals surface area contributed by atoms with Crippen molar-refractivity contribution in [3.05, 3.63) is 39.8 Å². The Balaban J connectivity index is 2.36. The van der Waals surface area contributed by atoms with Gasteiger partial charge in [0.1, 0.15) is 11.1 Å². The van der Waals surface area contributed by atoms with Crippen LogP contribution in [0.2, 0.25) is 0 Å².